The van der Waals surface area contributed by atoms with Crippen molar-refractivity contribution >= 4 is 26.0 Å². The highest BCUT2D eigenvalue weighted by atomic mass is 79.9. The molecule has 0 bridgehead atoms. The number of nitrogens with zero attached hydrogens (tertiary/aromatic N) is 1. The second kappa shape index (κ2) is 6.95. The van der Waals surface area contributed by atoms with Gasteiger partial charge in [0.05, 0.1) is 10.5 Å². The van der Waals surface area contributed by atoms with Crippen molar-refractivity contribution in [2.24, 2.45) is 5.92 Å². The van der Waals surface area contributed by atoms with Gasteiger partial charge in [0.2, 0.25) is 0 Å². The summed E-state index contributed by atoms with van der Waals surface area (Å²) in [7, 11) is -3.73. The van der Waals surface area contributed by atoms with Gasteiger partial charge < -0.3 is 0 Å². The third-order valence-electron chi connectivity index (χ3n) is 6.31. The second-order valence-electron chi connectivity index (χ2n) is 7.85. The van der Waals surface area contributed by atoms with Gasteiger partial charge in [0.1, 0.15) is 0 Å². The minimum absolute atomic E-state index is 0.264. The molecule has 2 heterocycles. The fraction of sp³-hybridized carbons (Fsp3) is 0.684. The van der Waals surface area contributed by atoms with Crippen molar-refractivity contribution in [1.82, 2.24) is 4.90 Å². The highest BCUT2D eigenvalue weighted by Gasteiger charge is 2.51. The molecule has 6 heteroatoms. The summed E-state index contributed by atoms with van der Waals surface area (Å²) in [6, 6.07) is 7.27. The molecular weight excluding hydrogens is 402 g/mol. The lowest BCUT2D eigenvalue weighted by molar-refractivity contribution is -0.101. The summed E-state index contributed by atoms with van der Waals surface area (Å²) in [5.41, 5.74) is -0.497. The van der Waals surface area contributed by atoms with Crippen molar-refractivity contribution in [2.75, 3.05) is 13.1 Å². The Morgan fingerprint density at radius 1 is 1.08 bits per heavy atom. The van der Waals surface area contributed by atoms with E-state index in [-0.39, 0.29) is 4.90 Å². The molecule has 3 atom stereocenters. The molecule has 4 nitrogen and oxygen atoms in total. The molecule has 1 aromatic carbocycles. The molecule has 3 aliphatic rings. The fourth-order valence-corrected chi connectivity index (χ4v) is 6.59. The molecule has 0 unspecified atom stereocenters. The Labute approximate surface area is 159 Å². The molecule has 0 N–H and O–H groups in total. The van der Waals surface area contributed by atoms with Crippen LogP contribution in [0.4, 0.5) is 0 Å². The smallest absolute Gasteiger partial charge is 0.297 e. The topological polar surface area (TPSA) is 46.6 Å². The van der Waals surface area contributed by atoms with Gasteiger partial charge in [0, 0.05) is 23.0 Å². The summed E-state index contributed by atoms with van der Waals surface area (Å²) in [5, 5.41) is 0. The molecule has 0 amide bonds. The number of piperidine rings is 2. The first-order valence-electron chi connectivity index (χ1n) is 9.44. The van der Waals surface area contributed by atoms with E-state index in [1.54, 1.807) is 24.3 Å². The van der Waals surface area contributed by atoms with E-state index in [0.717, 1.165) is 43.2 Å². The van der Waals surface area contributed by atoms with Crippen molar-refractivity contribution in [1.29, 1.82) is 0 Å². The molecule has 0 aromatic heterocycles. The average molecular weight is 428 g/mol. The van der Waals surface area contributed by atoms with Crippen LogP contribution < -0.4 is 0 Å². The van der Waals surface area contributed by atoms with Gasteiger partial charge in [-0.15, -0.1) is 0 Å². The van der Waals surface area contributed by atoms with Crippen LogP contribution in [0.3, 0.4) is 0 Å². The lowest BCUT2D eigenvalue weighted by Crippen LogP contribution is -2.60. The maximum Gasteiger partial charge on any atom is 0.297 e. The van der Waals surface area contributed by atoms with Crippen LogP contribution in [0.15, 0.2) is 33.6 Å². The van der Waals surface area contributed by atoms with Crippen LogP contribution in [0.2, 0.25) is 0 Å². The first-order valence-corrected chi connectivity index (χ1v) is 11.6. The van der Waals surface area contributed by atoms with Crippen LogP contribution in [0, 0.1) is 5.92 Å². The lowest BCUT2D eigenvalue weighted by atomic mass is 9.68. The number of halogens is 1. The molecule has 138 valence electrons. The quantitative estimate of drug-likeness (QED) is 0.672. The SMILES string of the molecule is O=S(=O)(O[C@@]12CCCC[C@H]1CN1CCCC[C@@H]1C2)c1ccc(Br)cc1. The highest BCUT2D eigenvalue weighted by Crippen LogP contribution is 2.47. The molecule has 1 saturated carbocycles. The molecule has 2 aliphatic heterocycles. The summed E-state index contributed by atoms with van der Waals surface area (Å²) in [5.74, 6) is 0.334. The summed E-state index contributed by atoms with van der Waals surface area (Å²) in [6.07, 6.45) is 8.78. The van der Waals surface area contributed by atoms with Crippen molar-refractivity contribution < 1.29 is 12.6 Å². The first kappa shape index (κ1) is 18.0. The zero-order valence-electron chi connectivity index (χ0n) is 14.5. The van der Waals surface area contributed by atoms with Crippen LogP contribution in [0.1, 0.15) is 51.4 Å². The van der Waals surface area contributed by atoms with Gasteiger partial charge in [0.15, 0.2) is 0 Å². The van der Waals surface area contributed by atoms with Crippen molar-refractivity contribution in [3.8, 4) is 0 Å². The van der Waals surface area contributed by atoms with Gasteiger partial charge in [-0.1, -0.05) is 35.2 Å². The Kier molecular flexibility index (Phi) is 4.99. The zero-order chi connectivity index (χ0) is 17.5. The third-order valence-corrected chi connectivity index (χ3v) is 8.24. The van der Waals surface area contributed by atoms with Gasteiger partial charge in [0.25, 0.3) is 10.1 Å². The number of hydrogen-bond donors (Lipinski definition) is 0. The first-order chi connectivity index (χ1) is 12.0. The third kappa shape index (κ3) is 3.55. The van der Waals surface area contributed by atoms with E-state index in [1.165, 1.54) is 25.7 Å². The van der Waals surface area contributed by atoms with E-state index in [4.69, 9.17) is 4.18 Å². The van der Waals surface area contributed by atoms with Crippen molar-refractivity contribution in [3.05, 3.63) is 28.7 Å². The molecule has 0 radical (unpaired) electrons. The van der Waals surface area contributed by atoms with Gasteiger partial charge in [-0.25, -0.2) is 0 Å². The Hall–Kier alpha value is -0.430. The number of fused-ring (bicyclic) bond motifs is 2. The Morgan fingerprint density at radius 2 is 1.84 bits per heavy atom. The summed E-state index contributed by atoms with van der Waals surface area (Å²) in [4.78, 5) is 2.85. The summed E-state index contributed by atoms with van der Waals surface area (Å²) in [6.45, 7) is 2.16. The summed E-state index contributed by atoms with van der Waals surface area (Å²) >= 11 is 3.36. The molecule has 1 aromatic rings. The van der Waals surface area contributed by atoms with E-state index >= 15 is 0 Å². The van der Waals surface area contributed by atoms with Crippen molar-refractivity contribution in [2.45, 2.75) is 67.9 Å². The molecule has 3 fully saturated rings. The standard InChI is InChI=1S/C19H26BrNO3S/c20-16-7-9-18(10-8-16)25(22,23)24-19-11-3-1-5-15(19)14-21-12-4-2-6-17(21)13-19/h7-10,15,17H,1-6,11-14H2/t15-,17+,19+/m0/s1. The minimum Gasteiger partial charge on any atom is -0.300 e. The predicted molar refractivity (Wildman–Crippen MR) is 101 cm³/mol. The van der Waals surface area contributed by atoms with Gasteiger partial charge in [-0.2, -0.15) is 8.42 Å². The number of hydrogen-bond acceptors (Lipinski definition) is 4. The Balaban J connectivity index is 1.62. The average Bonchev–Trinajstić information content (AvgIpc) is 2.59. The molecule has 2 saturated heterocycles. The van der Waals surface area contributed by atoms with E-state index in [9.17, 15) is 8.42 Å². The zero-order valence-corrected chi connectivity index (χ0v) is 16.9. The molecular formula is C19H26BrNO3S. The summed E-state index contributed by atoms with van der Waals surface area (Å²) < 4.78 is 32.9. The highest BCUT2D eigenvalue weighted by molar-refractivity contribution is 9.10. The maximum absolute atomic E-state index is 13.0. The Bertz CT molecular complexity index is 721. The van der Waals surface area contributed by atoms with Crippen LogP contribution in [0.5, 0.6) is 0 Å². The van der Waals surface area contributed by atoms with E-state index in [0.29, 0.717) is 12.0 Å². The van der Waals surface area contributed by atoms with E-state index in [2.05, 4.69) is 20.8 Å². The fourth-order valence-electron chi connectivity index (χ4n) is 5.03. The molecule has 4 rings (SSSR count). The van der Waals surface area contributed by atoms with Gasteiger partial charge in [-0.3, -0.25) is 9.08 Å². The van der Waals surface area contributed by atoms with Crippen LogP contribution >= 0.6 is 15.9 Å². The second-order valence-corrected chi connectivity index (χ2v) is 10.3. The van der Waals surface area contributed by atoms with E-state index in [1.807, 2.05) is 0 Å². The maximum atomic E-state index is 13.0. The van der Waals surface area contributed by atoms with Gasteiger partial charge >= 0.3 is 0 Å². The van der Waals surface area contributed by atoms with Crippen LogP contribution in [-0.2, 0) is 14.3 Å². The lowest BCUT2D eigenvalue weighted by Gasteiger charge is -2.54. The normalized spacial score (nSPS) is 33.5. The molecule has 1 aliphatic carbocycles. The van der Waals surface area contributed by atoms with Gasteiger partial charge in [-0.05, 0) is 62.9 Å². The molecule has 0 spiro atoms. The number of benzene rings is 1. The van der Waals surface area contributed by atoms with Crippen LogP contribution in [0.25, 0.3) is 0 Å². The monoisotopic (exact) mass is 427 g/mol. The largest absolute Gasteiger partial charge is 0.300 e. The molecule has 25 heavy (non-hydrogen) atoms. The Morgan fingerprint density at radius 3 is 2.64 bits per heavy atom. The van der Waals surface area contributed by atoms with Crippen molar-refractivity contribution in [3.63, 3.8) is 0 Å². The van der Waals surface area contributed by atoms with E-state index < -0.39 is 15.7 Å². The number of rotatable bonds is 3. The van der Waals surface area contributed by atoms with Crippen LogP contribution in [-0.4, -0.2) is 38.1 Å². The predicted octanol–water partition coefficient (Wildman–Crippen LogP) is 4.34. The minimum atomic E-state index is -3.73.